The van der Waals surface area contributed by atoms with Gasteiger partial charge in [0.15, 0.2) is 29.6 Å². The molecule has 0 aliphatic carbocycles. The van der Waals surface area contributed by atoms with Crippen molar-refractivity contribution in [2.45, 2.75) is 25.9 Å². The van der Waals surface area contributed by atoms with Crippen LogP contribution in [0.4, 0.5) is 20.3 Å². The van der Waals surface area contributed by atoms with Crippen molar-refractivity contribution in [2.75, 3.05) is 31.6 Å². The van der Waals surface area contributed by atoms with E-state index in [1.54, 1.807) is 34.9 Å². The first-order chi connectivity index (χ1) is 20.8. The second kappa shape index (κ2) is 14.2. The molecule has 2 aromatic carbocycles. The monoisotopic (exact) mass is 592 g/mol. The summed E-state index contributed by atoms with van der Waals surface area (Å²) >= 11 is 0. The van der Waals surface area contributed by atoms with E-state index < -0.39 is 24.3 Å². The highest BCUT2D eigenvalue weighted by Crippen LogP contribution is 2.32. The third-order valence-corrected chi connectivity index (χ3v) is 6.46. The number of imidazole rings is 1. The van der Waals surface area contributed by atoms with Crippen LogP contribution in [0.3, 0.4) is 0 Å². The lowest BCUT2D eigenvalue weighted by atomic mass is 10.0. The van der Waals surface area contributed by atoms with Crippen LogP contribution in [0.25, 0.3) is 16.9 Å². The topological polar surface area (TPSA) is 180 Å². The molecule has 43 heavy (non-hydrogen) atoms. The molecule has 2 amide bonds. The number of carbonyl (C=O) groups is 2. The Morgan fingerprint density at radius 2 is 1.95 bits per heavy atom. The molecule has 0 aliphatic heterocycles. The molecule has 1 atom stereocenters. The number of rotatable bonds is 13. The number of halogens is 2. The van der Waals surface area contributed by atoms with Gasteiger partial charge in [-0.1, -0.05) is 6.92 Å². The number of nitriles is 1. The highest BCUT2D eigenvalue weighted by Gasteiger charge is 2.20. The van der Waals surface area contributed by atoms with Crippen LogP contribution in [0.15, 0.2) is 48.9 Å². The number of nitrogens with zero attached hydrogens (tertiary/aromatic N) is 4. The number of aliphatic hydroxyl groups is 1. The molecule has 1 unspecified atom stereocenters. The molecule has 224 valence electrons. The van der Waals surface area contributed by atoms with E-state index in [1.807, 2.05) is 6.92 Å². The number of ether oxygens (including phenoxy) is 1. The van der Waals surface area contributed by atoms with Crippen molar-refractivity contribution in [2.24, 2.45) is 5.73 Å². The summed E-state index contributed by atoms with van der Waals surface area (Å²) in [5.41, 5.74) is 7.72. The van der Waals surface area contributed by atoms with Crippen molar-refractivity contribution in [1.29, 1.82) is 5.26 Å². The third-order valence-electron chi connectivity index (χ3n) is 6.46. The van der Waals surface area contributed by atoms with Gasteiger partial charge >= 0.3 is 0 Å². The molecular formula is C29H30F2N8O4. The quantitative estimate of drug-likeness (QED) is 0.146. The molecule has 6 N–H and O–H groups in total. The second-order valence-corrected chi connectivity index (χ2v) is 9.35. The molecule has 14 heteroatoms. The number of fused-ring (bicyclic) bond motifs is 1. The number of anilines is 2. The number of amides is 2. The number of hydrogen-bond donors (Lipinski definition) is 5. The fourth-order valence-electron chi connectivity index (χ4n) is 4.32. The Bertz CT molecular complexity index is 1670. The van der Waals surface area contributed by atoms with Crippen LogP contribution in [0.2, 0.25) is 0 Å². The number of aliphatic hydroxyl groups excluding tert-OH is 1. The standard InChI is InChI=1S/C29H30F2N8O4/c1-2-17-13-18(3-4-20(17)29(42)36-9-8-34-24(41)14-19(40)15-33)38-27-28-37-16-22(39(28)11-10-35-27)21-5-6-23(43-12-7-32)26(31)25(21)30/h3-6,10-11,13,16,19,40H,2,8-9,12,14-15,33H2,1H3,(H,34,41)(H,35,38)(H,36,42). The Hall–Kier alpha value is -5.13. The van der Waals surface area contributed by atoms with Crippen LogP contribution in [0.1, 0.15) is 29.3 Å². The summed E-state index contributed by atoms with van der Waals surface area (Å²) in [6, 6.07) is 9.47. The third kappa shape index (κ3) is 7.21. The number of nitrogens with two attached hydrogens (primary N) is 1. The molecule has 0 bridgehead atoms. The molecule has 0 saturated carbocycles. The minimum absolute atomic E-state index is 0.0133. The highest BCUT2D eigenvalue weighted by molar-refractivity contribution is 5.96. The van der Waals surface area contributed by atoms with Gasteiger partial charge in [0.25, 0.3) is 5.91 Å². The van der Waals surface area contributed by atoms with Crippen LogP contribution in [-0.4, -0.2) is 63.6 Å². The van der Waals surface area contributed by atoms with E-state index in [1.165, 1.54) is 24.5 Å². The van der Waals surface area contributed by atoms with Gasteiger partial charge in [-0.2, -0.15) is 9.65 Å². The molecule has 4 rings (SSSR count). The normalized spacial score (nSPS) is 11.5. The lowest BCUT2D eigenvalue weighted by Gasteiger charge is -2.13. The first-order valence-corrected chi connectivity index (χ1v) is 13.4. The maximum Gasteiger partial charge on any atom is 0.251 e. The number of carbonyl (C=O) groups excluding carboxylic acids is 2. The van der Waals surface area contributed by atoms with Gasteiger partial charge in [-0.3, -0.25) is 14.0 Å². The zero-order chi connectivity index (χ0) is 30.9. The lowest BCUT2D eigenvalue weighted by molar-refractivity contribution is -0.122. The second-order valence-electron chi connectivity index (χ2n) is 9.35. The molecule has 0 radical (unpaired) electrons. The predicted octanol–water partition coefficient (Wildman–Crippen LogP) is 2.44. The Morgan fingerprint density at radius 1 is 1.16 bits per heavy atom. The fourth-order valence-corrected chi connectivity index (χ4v) is 4.32. The zero-order valence-electron chi connectivity index (χ0n) is 23.2. The molecule has 2 aromatic heterocycles. The fraction of sp³-hybridized carbons (Fsp3) is 0.276. The van der Waals surface area contributed by atoms with Crippen LogP contribution in [-0.2, 0) is 11.2 Å². The van der Waals surface area contributed by atoms with E-state index in [2.05, 4.69) is 25.9 Å². The van der Waals surface area contributed by atoms with Gasteiger partial charge in [0.2, 0.25) is 11.7 Å². The highest BCUT2D eigenvalue weighted by atomic mass is 19.2. The number of hydrogen-bond acceptors (Lipinski definition) is 9. The zero-order valence-corrected chi connectivity index (χ0v) is 23.2. The summed E-state index contributed by atoms with van der Waals surface area (Å²) in [5.74, 6) is -3.04. The van der Waals surface area contributed by atoms with E-state index in [0.717, 1.165) is 5.56 Å². The average molecular weight is 593 g/mol. The van der Waals surface area contributed by atoms with Crippen molar-refractivity contribution in [3.63, 3.8) is 0 Å². The average Bonchev–Trinajstić information content (AvgIpc) is 3.44. The van der Waals surface area contributed by atoms with Crippen LogP contribution in [0.5, 0.6) is 5.75 Å². The summed E-state index contributed by atoms with van der Waals surface area (Å²) in [5, 5.41) is 26.6. The van der Waals surface area contributed by atoms with Gasteiger partial charge in [0.1, 0.15) is 6.07 Å². The molecule has 0 saturated heterocycles. The first kappa shape index (κ1) is 30.8. The Morgan fingerprint density at radius 3 is 2.70 bits per heavy atom. The van der Waals surface area contributed by atoms with Crippen molar-refractivity contribution in [3.8, 4) is 23.1 Å². The molecular weight excluding hydrogens is 562 g/mol. The van der Waals surface area contributed by atoms with Crippen molar-refractivity contribution < 1.29 is 28.2 Å². The van der Waals surface area contributed by atoms with Gasteiger partial charge in [-0.05, 0) is 42.3 Å². The Labute approximate surface area is 245 Å². The summed E-state index contributed by atoms with van der Waals surface area (Å²) in [7, 11) is 0. The van der Waals surface area contributed by atoms with Gasteiger partial charge in [-0.25, -0.2) is 14.4 Å². The number of aromatic nitrogens is 3. The van der Waals surface area contributed by atoms with Gasteiger partial charge in [0, 0.05) is 48.8 Å². The van der Waals surface area contributed by atoms with Crippen LogP contribution in [0, 0.1) is 23.0 Å². The molecule has 4 aromatic rings. The largest absolute Gasteiger partial charge is 0.476 e. The smallest absolute Gasteiger partial charge is 0.251 e. The van der Waals surface area contributed by atoms with E-state index in [4.69, 9.17) is 15.7 Å². The van der Waals surface area contributed by atoms with Gasteiger partial charge < -0.3 is 31.5 Å². The number of aryl methyl sites for hydroxylation is 1. The molecule has 0 spiro atoms. The minimum Gasteiger partial charge on any atom is -0.476 e. The summed E-state index contributed by atoms with van der Waals surface area (Å²) in [6.07, 6.45) is 3.97. The Kier molecular flexibility index (Phi) is 10.2. The lowest BCUT2D eigenvalue weighted by Crippen LogP contribution is -2.37. The van der Waals surface area contributed by atoms with Crippen LogP contribution < -0.4 is 26.4 Å². The molecule has 2 heterocycles. The Balaban J connectivity index is 1.48. The summed E-state index contributed by atoms with van der Waals surface area (Å²) < 4.78 is 36.0. The van der Waals surface area contributed by atoms with E-state index in [-0.39, 0.29) is 54.9 Å². The van der Waals surface area contributed by atoms with Crippen molar-refractivity contribution in [3.05, 3.63) is 71.7 Å². The summed E-state index contributed by atoms with van der Waals surface area (Å²) in [4.78, 5) is 33.2. The maximum absolute atomic E-state index is 14.9. The minimum atomic E-state index is -1.21. The van der Waals surface area contributed by atoms with E-state index in [0.29, 0.717) is 29.1 Å². The van der Waals surface area contributed by atoms with Crippen molar-refractivity contribution in [1.82, 2.24) is 25.0 Å². The number of benzene rings is 2. The predicted molar refractivity (Wildman–Crippen MR) is 154 cm³/mol. The van der Waals surface area contributed by atoms with E-state index >= 15 is 0 Å². The molecule has 12 nitrogen and oxygen atoms in total. The van der Waals surface area contributed by atoms with Crippen molar-refractivity contribution >= 4 is 29.0 Å². The molecule has 0 fully saturated rings. The van der Waals surface area contributed by atoms with Gasteiger partial charge in [-0.15, -0.1) is 0 Å². The summed E-state index contributed by atoms with van der Waals surface area (Å²) in [6.45, 7) is 1.87. The van der Waals surface area contributed by atoms with Gasteiger partial charge in [0.05, 0.1) is 24.4 Å². The SMILES string of the molecule is CCc1cc(Nc2nccn3c(-c4ccc(OCC#N)c(F)c4F)cnc23)ccc1C(=O)NCCNC(=O)CC(O)CN. The molecule has 0 aliphatic rings. The number of nitrogens with one attached hydrogen (secondary N) is 3. The first-order valence-electron chi connectivity index (χ1n) is 13.4. The van der Waals surface area contributed by atoms with E-state index in [9.17, 15) is 23.5 Å². The van der Waals surface area contributed by atoms with Crippen LogP contribution >= 0.6 is 0 Å². The maximum atomic E-state index is 14.9.